The van der Waals surface area contributed by atoms with E-state index in [1.165, 1.54) is 0 Å². The Morgan fingerprint density at radius 3 is 3.00 bits per heavy atom. The first-order valence-electron chi connectivity index (χ1n) is 6.89. The lowest BCUT2D eigenvalue weighted by Crippen LogP contribution is -2.45. The van der Waals surface area contributed by atoms with E-state index in [-0.39, 0.29) is 5.92 Å². The molecule has 0 aromatic heterocycles. The molecule has 1 saturated heterocycles. The number of hydrogen-bond acceptors (Lipinski definition) is 3. The maximum Gasteiger partial charge on any atom is 0.140 e. The molecule has 2 atom stereocenters. The molecule has 19 heavy (non-hydrogen) atoms. The molecule has 0 aliphatic carbocycles. The number of anilines is 1. The molecule has 104 valence electrons. The Morgan fingerprint density at radius 1 is 1.58 bits per heavy atom. The summed E-state index contributed by atoms with van der Waals surface area (Å²) in [6.07, 6.45) is 5.06. The third-order valence-electron chi connectivity index (χ3n) is 4.09. The summed E-state index contributed by atoms with van der Waals surface area (Å²) in [5, 5.41) is 3.96. The molecule has 1 aromatic carbocycles. The number of hydrogen-bond donors (Lipinski definition) is 2. The van der Waals surface area contributed by atoms with E-state index < -0.39 is 5.54 Å². The third-order valence-corrected chi connectivity index (χ3v) is 4.42. The van der Waals surface area contributed by atoms with Crippen LogP contribution in [-0.4, -0.2) is 18.4 Å². The van der Waals surface area contributed by atoms with Gasteiger partial charge in [-0.3, -0.25) is 0 Å². The molecule has 0 bridgehead atoms. The normalized spacial score (nSPS) is 26.5. The van der Waals surface area contributed by atoms with Gasteiger partial charge in [0.05, 0.1) is 16.2 Å². The fraction of sp³-hybridized carbons (Fsp3) is 0.533. The fourth-order valence-corrected chi connectivity index (χ4v) is 3.16. The van der Waals surface area contributed by atoms with Crippen LogP contribution < -0.4 is 11.1 Å². The van der Waals surface area contributed by atoms with Crippen molar-refractivity contribution in [3.05, 3.63) is 28.8 Å². The number of halogens is 1. The summed E-state index contributed by atoms with van der Waals surface area (Å²) in [6.45, 7) is 3.01. The van der Waals surface area contributed by atoms with Gasteiger partial charge in [0.2, 0.25) is 0 Å². The number of aldehydes is 1. The van der Waals surface area contributed by atoms with E-state index in [1.54, 1.807) is 0 Å². The molecule has 0 radical (unpaired) electrons. The Bertz CT molecular complexity index is 463. The molecule has 1 aliphatic rings. The smallest absolute Gasteiger partial charge is 0.140 e. The molecule has 4 heteroatoms. The van der Waals surface area contributed by atoms with Gasteiger partial charge in [-0.2, -0.15) is 0 Å². The highest BCUT2D eigenvalue weighted by atomic mass is 35.5. The highest BCUT2D eigenvalue weighted by Gasteiger charge is 2.42. The van der Waals surface area contributed by atoms with Crippen molar-refractivity contribution in [2.45, 2.75) is 44.1 Å². The van der Waals surface area contributed by atoms with Crippen molar-refractivity contribution < 1.29 is 4.79 Å². The summed E-state index contributed by atoms with van der Waals surface area (Å²) in [7, 11) is 0. The Hall–Kier alpha value is -1.06. The Morgan fingerprint density at radius 2 is 2.37 bits per heavy atom. The SMILES string of the molecule is CCCCC1(C=O)NCCC1c1ccc(N)c(Cl)c1. The number of nitrogens with two attached hydrogens (primary N) is 1. The number of benzene rings is 1. The van der Waals surface area contributed by atoms with Crippen molar-refractivity contribution in [2.24, 2.45) is 0 Å². The molecule has 0 saturated carbocycles. The Balaban J connectivity index is 2.30. The van der Waals surface area contributed by atoms with Crippen molar-refractivity contribution in [1.82, 2.24) is 5.32 Å². The highest BCUT2D eigenvalue weighted by Crippen LogP contribution is 2.39. The largest absolute Gasteiger partial charge is 0.398 e. The second kappa shape index (κ2) is 5.93. The number of nitrogen functional groups attached to an aromatic ring is 1. The molecule has 1 heterocycles. The van der Waals surface area contributed by atoms with Gasteiger partial charge in [-0.05, 0) is 37.1 Å². The molecule has 2 rings (SSSR count). The topological polar surface area (TPSA) is 55.1 Å². The third kappa shape index (κ3) is 2.77. The maximum absolute atomic E-state index is 11.7. The Kier molecular flexibility index (Phi) is 4.48. The minimum absolute atomic E-state index is 0.189. The van der Waals surface area contributed by atoms with E-state index in [2.05, 4.69) is 12.2 Å². The monoisotopic (exact) mass is 280 g/mol. The molecule has 2 unspecified atom stereocenters. The van der Waals surface area contributed by atoms with Crippen molar-refractivity contribution in [1.29, 1.82) is 0 Å². The van der Waals surface area contributed by atoms with Crippen molar-refractivity contribution >= 4 is 23.6 Å². The number of nitrogens with one attached hydrogen (secondary N) is 1. The number of rotatable bonds is 5. The van der Waals surface area contributed by atoms with Crippen LogP contribution in [0.1, 0.15) is 44.1 Å². The first kappa shape index (κ1) is 14.4. The lowest BCUT2D eigenvalue weighted by atomic mass is 9.78. The fourth-order valence-electron chi connectivity index (χ4n) is 2.97. The van der Waals surface area contributed by atoms with E-state index in [1.807, 2.05) is 18.2 Å². The number of carbonyl (C=O) groups excluding carboxylic acids is 1. The van der Waals surface area contributed by atoms with Gasteiger partial charge in [-0.1, -0.05) is 37.4 Å². The minimum atomic E-state index is -0.435. The second-order valence-electron chi connectivity index (χ2n) is 5.31. The highest BCUT2D eigenvalue weighted by molar-refractivity contribution is 6.33. The summed E-state index contributed by atoms with van der Waals surface area (Å²) >= 11 is 6.10. The van der Waals surface area contributed by atoms with E-state index >= 15 is 0 Å². The van der Waals surface area contributed by atoms with Gasteiger partial charge in [0.25, 0.3) is 0 Å². The van der Waals surface area contributed by atoms with Crippen LogP contribution in [0.3, 0.4) is 0 Å². The molecule has 3 N–H and O–H groups in total. The van der Waals surface area contributed by atoms with E-state index in [9.17, 15) is 4.79 Å². The quantitative estimate of drug-likeness (QED) is 0.644. The first-order valence-corrected chi connectivity index (χ1v) is 7.27. The van der Waals surface area contributed by atoms with Crippen LogP contribution in [0.2, 0.25) is 5.02 Å². The summed E-state index contributed by atoms with van der Waals surface area (Å²) in [5.74, 6) is 0.189. The van der Waals surface area contributed by atoms with Crippen LogP contribution in [0, 0.1) is 0 Å². The van der Waals surface area contributed by atoms with E-state index in [0.717, 1.165) is 44.1 Å². The molecule has 0 spiro atoms. The molecular formula is C15H21ClN2O. The molecule has 1 fully saturated rings. The molecular weight excluding hydrogens is 260 g/mol. The van der Waals surface area contributed by atoms with Crippen LogP contribution in [0.25, 0.3) is 0 Å². The van der Waals surface area contributed by atoms with Crippen molar-refractivity contribution in [2.75, 3.05) is 12.3 Å². The minimum Gasteiger partial charge on any atom is -0.398 e. The van der Waals surface area contributed by atoms with Gasteiger partial charge in [0.15, 0.2) is 0 Å². The van der Waals surface area contributed by atoms with Crippen LogP contribution in [-0.2, 0) is 4.79 Å². The van der Waals surface area contributed by atoms with E-state index in [4.69, 9.17) is 17.3 Å². The van der Waals surface area contributed by atoms with Crippen LogP contribution >= 0.6 is 11.6 Å². The summed E-state index contributed by atoms with van der Waals surface area (Å²) in [4.78, 5) is 11.7. The predicted octanol–water partition coefficient (Wildman–Crippen LogP) is 3.13. The summed E-state index contributed by atoms with van der Waals surface area (Å²) in [6, 6.07) is 5.72. The Labute approximate surface area is 119 Å². The van der Waals surface area contributed by atoms with Gasteiger partial charge >= 0.3 is 0 Å². The predicted molar refractivity (Wildman–Crippen MR) is 79.5 cm³/mol. The van der Waals surface area contributed by atoms with Gasteiger partial charge < -0.3 is 15.8 Å². The zero-order valence-corrected chi connectivity index (χ0v) is 12.0. The van der Waals surface area contributed by atoms with Gasteiger partial charge in [-0.15, -0.1) is 0 Å². The number of unbranched alkanes of at least 4 members (excludes halogenated alkanes) is 1. The average Bonchev–Trinajstić information content (AvgIpc) is 2.84. The van der Waals surface area contributed by atoms with Gasteiger partial charge in [0.1, 0.15) is 6.29 Å². The lowest BCUT2D eigenvalue weighted by Gasteiger charge is -2.30. The molecule has 1 aromatic rings. The van der Waals surface area contributed by atoms with Crippen LogP contribution in [0.15, 0.2) is 18.2 Å². The van der Waals surface area contributed by atoms with Crippen LogP contribution in [0.4, 0.5) is 5.69 Å². The standard InChI is InChI=1S/C15H21ClN2O/c1-2-3-7-15(10-19)12(6-8-18-15)11-4-5-14(17)13(16)9-11/h4-5,9-10,12,18H,2-3,6-8,17H2,1H3. The van der Waals surface area contributed by atoms with E-state index in [0.29, 0.717) is 10.7 Å². The zero-order chi connectivity index (χ0) is 13.9. The first-order chi connectivity index (χ1) is 9.13. The average molecular weight is 281 g/mol. The van der Waals surface area contributed by atoms with Crippen molar-refractivity contribution in [3.63, 3.8) is 0 Å². The summed E-state index contributed by atoms with van der Waals surface area (Å²) < 4.78 is 0. The van der Waals surface area contributed by atoms with Crippen molar-refractivity contribution in [3.8, 4) is 0 Å². The summed E-state index contributed by atoms with van der Waals surface area (Å²) in [5.41, 5.74) is 7.00. The zero-order valence-electron chi connectivity index (χ0n) is 11.3. The molecule has 0 amide bonds. The maximum atomic E-state index is 11.7. The molecule has 3 nitrogen and oxygen atoms in total. The number of carbonyl (C=O) groups is 1. The van der Waals surface area contributed by atoms with Gasteiger partial charge in [0, 0.05) is 5.92 Å². The van der Waals surface area contributed by atoms with Crippen LogP contribution in [0.5, 0.6) is 0 Å². The second-order valence-corrected chi connectivity index (χ2v) is 5.72. The van der Waals surface area contributed by atoms with Gasteiger partial charge in [-0.25, -0.2) is 0 Å². The molecule has 1 aliphatic heterocycles. The lowest BCUT2D eigenvalue weighted by molar-refractivity contribution is -0.113.